The normalized spacial score (nSPS) is 22.3. The monoisotopic (exact) mass is 167 g/mol. The molecule has 4 nitrogen and oxygen atoms in total. The summed E-state index contributed by atoms with van der Waals surface area (Å²) in [5.41, 5.74) is 8.87. The molecule has 0 aliphatic heterocycles. The van der Waals surface area contributed by atoms with E-state index >= 15 is 0 Å². The molecule has 1 atom stereocenters. The summed E-state index contributed by atoms with van der Waals surface area (Å²) in [7, 11) is 0. The third-order valence-electron chi connectivity index (χ3n) is 2.42. The van der Waals surface area contributed by atoms with Crippen LogP contribution in [0.5, 0.6) is 0 Å². The number of aromatic amines is 1. The lowest BCUT2D eigenvalue weighted by Crippen LogP contribution is -2.27. The number of nitrogens with one attached hydrogen (secondary N) is 1. The number of H-pyrrole nitrogens is 1. The molecule has 0 saturated heterocycles. The number of hydrogen-bond donors (Lipinski definition) is 3. The second-order valence-corrected chi connectivity index (χ2v) is 3.29. The summed E-state index contributed by atoms with van der Waals surface area (Å²) in [5, 5.41) is 15.9. The molecule has 4 N–H and O–H groups in total. The van der Waals surface area contributed by atoms with E-state index in [4.69, 9.17) is 10.8 Å². The summed E-state index contributed by atoms with van der Waals surface area (Å²) < 4.78 is 0. The van der Waals surface area contributed by atoms with Crippen molar-refractivity contribution in [2.45, 2.75) is 31.9 Å². The van der Waals surface area contributed by atoms with Crippen LogP contribution >= 0.6 is 0 Å². The van der Waals surface area contributed by atoms with Gasteiger partial charge < -0.3 is 10.8 Å². The lowest BCUT2D eigenvalue weighted by atomic mass is 9.93. The summed E-state index contributed by atoms with van der Waals surface area (Å²) in [6.45, 7) is 0.0288. The first-order valence-corrected chi connectivity index (χ1v) is 4.22. The van der Waals surface area contributed by atoms with Gasteiger partial charge in [0.05, 0.1) is 12.3 Å². The predicted molar refractivity (Wildman–Crippen MR) is 44.5 cm³/mol. The van der Waals surface area contributed by atoms with Crippen molar-refractivity contribution in [3.63, 3.8) is 0 Å². The van der Waals surface area contributed by atoms with Gasteiger partial charge >= 0.3 is 0 Å². The van der Waals surface area contributed by atoms with Crippen LogP contribution in [0.25, 0.3) is 0 Å². The lowest BCUT2D eigenvalue weighted by Gasteiger charge is -2.17. The number of rotatable bonds is 1. The van der Waals surface area contributed by atoms with Crippen LogP contribution in [0, 0.1) is 0 Å². The molecule has 1 aromatic rings. The first-order chi connectivity index (χ1) is 5.81. The zero-order chi connectivity index (χ0) is 8.55. The van der Waals surface area contributed by atoms with Crippen LogP contribution in [0.3, 0.4) is 0 Å². The predicted octanol–water partition coefficient (Wildman–Crippen LogP) is -0.282. The number of aliphatic hydroxyl groups excluding tert-OH is 1. The van der Waals surface area contributed by atoms with Crippen molar-refractivity contribution in [1.82, 2.24) is 10.2 Å². The fourth-order valence-electron chi connectivity index (χ4n) is 1.73. The molecule has 2 rings (SSSR count). The minimum Gasteiger partial charge on any atom is -0.390 e. The van der Waals surface area contributed by atoms with Crippen LogP contribution in [-0.2, 0) is 19.4 Å². The van der Waals surface area contributed by atoms with Crippen molar-refractivity contribution < 1.29 is 5.11 Å². The third kappa shape index (κ3) is 1.13. The molecule has 0 amide bonds. The Hall–Kier alpha value is -0.870. The minimum atomic E-state index is 0.0288. The van der Waals surface area contributed by atoms with Gasteiger partial charge in [0.2, 0.25) is 0 Å². The van der Waals surface area contributed by atoms with Crippen LogP contribution < -0.4 is 5.73 Å². The molecule has 0 bridgehead atoms. The van der Waals surface area contributed by atoms with Crippen molar-refractivity contribution in [3.05, 3.63) is 17.0 Å². The van der Waals surface area contributed by atoms with Crippen molar-refractivity contribution >= 4 is 0 Å². The molecule has 1 aliphatic carbocycles. The summed E-state index contributed by atoms with van der Waals surface area (Å²) in [4.78, 5) is 0. The molecule has 0 radical (unpaired) electrons. The van der Waals surface area contributed by atoms with Gasteiger partial charge in [0, 0.05) is 18.2 Å². The van der Waals surface area contributed by atoms with Crippen molar-refractivity contribution in [3.8, 4) is 0 Å². The largest absolute Gasteiger partial charge is 0.390 e. The zero-order valence-electron chi connectivity index (χ0n) is 6.88. The van der Waals surface area contributed by atoms with Gasteiger partial charge in [0.1, 0.15) is 0 Å². The maximum atomic E-state index is 8.93. The van der Waals surface area contributed by atoms with Crippen LogP contribution in [0.2, 0.25) is 0 Å². The second kappa shape index (κ2) is 2.88. The molecular weight excluding hydrogens is 154 g/mol. The van der Waals surface area contributed by atoms with Gasteiger partial charge in [-0.05, 0) is 18.4 Å². The average Bonchev–Trinajstić information content (AvgIpc) is 2.46. The van der Waals surface area contributed by atoms with Crippen LogP contribution in [0.1, 0.15) is 23.4 Å². The first kappa shape index (κ1) is 7.76. The van der Waals surface area contributed by atoms with E-state index < -0.39 is 0 Å². The second-order valence-electron chi connectivity index (χ2n) is 3.29. The molecule has 0 fully saturated rings. The van der Waals surface area contributed by atoms with E-state index in [2.05, 4.69) is 10.2 Å². The molecule has 0 aromatic carbocycles. The highest BCUT2D eigenvalue weighted by Gasteiger charge is 2.20. The number of nitrogens with zero attached hydrogens (tertiary/aromatic N) is 1. The highest BCUT2D eigenvalue weighted by Crippen LogP contribution is 2.21. The smallest absolute Gasteiger partial charge is 0.0911 e. The Bertz CT molecular complexity index is 282. The maximum absolute atomic E-state index is 8.93. The highest BCUT2D eigenvalue weighted by atomic mass is 16.3. The molecule has 1 heterocycles. The van der Waals surface area contributed by atoms with Gasteiger partial charge in [0.25, 0.3) is 0 Å². The van der Waals surface area contributed by atoms with Crippen LogP contribution in [0.15, 0.2) is 0 Å². The molecule has 1 aromatic heterocycles. The Morgan fingerprint density at radius 3 is 3.25 bits per heavy atom. The van der Waals surface area contributed by atoms with Crippen molar-refractivity contribution in [2.75, 3.05) is 0 Å². The Kier molecular flexibility index (Phi) is 1.86. The highest BCUT2D eigenvalue weighted by molar-refractivity contribution is 5.28. The molecule has 66 valence electrons. The Balaban J connectivity index is 2.32. The third-order valence-corrected chi connectivity index (χ3v) is 2.42. The standard InChI is InChI=1S/C8H13N3O/c9-5-1-2-6-7(3-5)10-11-8(6)4-12/h5,12H,1-4,9H2,(H,10,11). The summed E-state index contributed by atoms with van der Waals surface area (Å²) in [6, 6.07) is 0.254. The minimum absolute atomic E-state index is 0.0288. The lowest BCUT2D eigenvalue weighted by molar-refractivity contribution is 0.275. The zero-order valence-corrected chi connectivity index (χ0v) is 6.88. The molecule has 1 aliphatic rings. The SMILES string of the molecule is NC1CCc2c(CO)n[nH]c2C1. The van der Waals surface area contributed by atoms with Crippen molar-refractivity contribution in [2.24, 2.45) is 5.73 Å². The van der Waals surface area contributed by atoms with Gasteiger partial charge in [-0.2, -0.15) is 5.10 Å². The van der Waals surface area contributed by atoms with Gasteiger partial charge in [-0.1, -0.05) is 0 Å². The van der Waals surface area contributed by atoms with Crippen molar-refractivity contribution in [1.29, 1.82) is 0 Å². The summed E-state index contributed by atoms with van der Waals surface area (Å²) >= 11 is 0. The van der Waals surface area contributed by atoms with E-state index in [0.29, 0.717) is 0 Å². The van der Waals surface area contributed by atoms with Crippen LogP contribution in [0.4, 0.5) is 0 Å². The van der Waals surface area contributed by atoms with Gasteiger partial charge in [-0.3, -0.25) is 5.10 Å². The van der Waals surface area contributed by atoms with E-state index in [1.165, 1.54) is 5.56 Å². The maximum Gasteiger partial charge on any atom is 0.0911 e. The Labute approximate surface area is 70.8 Å². The molecule has 0 spiro atoms. The number of nitrogens with two attached hydrogens (primary N) is 1. The van der Waals surface area contributed by atoms with E-state index in [9.17, 15) is 0 Å². The molecule has 0 saturated carbocycles. The molecule has 4 heteroatoms. The number of aliphatic hydroxyl groups is 1. The van der Waals surface area contributed by atoms with Crippen LogP contribution in [-0.4, -0.2) is 21.3 Å². The van der Waals surface area contributed by atoms with E-state index in [0.717, 1.165) is 30.7 Å². The average molecular weight is 167 g/mol. The fourth-order valence-corrected chi connectivity index (χ4v) is 1.73. The number of fused-ring (bicyclic) bond motifs is 1. The number of aromatic nitrogens is 2. The fraction of sp³-hybridized carbons (Fsp3) is 0.625. The first-order valence-electron chi connectivity index (χ1n) is 4.22. The summed E-state index contributed by atoms with van der Waals surface area (Å²) in [5.74, 6) is 0. The topological polar surface area (TPSA) is 74.9 Å². The van der Waals surface area contributed by atoms with E-state index in [1.54, 1.807) is 0 Å². The van der Waals surface area contributed by atoms with Gasteiger partial charge in [-0.15, -0.1) is 0 Å². The van der Waals surface area contributed by atoms with E-state index in [1.807, 2.05) is 0 Å². The molecule has 12 heavy (non-hydrogen) atoms. The Morgan fingerprint density at radius 2 is 2.50 bits per heavy atom. The van der Waals surface area contributed by atoms with Gasteiger partial charge in [0.15, 0.2) is 0 Å². The molecular formula is C8H13N3O. The quantitative estimate of drug-likeness (QED) is 0.538. The molecule has 1 unspecified atom stereocenters. The Morgan fingerprint density at radius 1 is 1.67 bits per heavy atom. The number of hydrogen-bond acceptors (Lipinski definition) is 3. The summed E-state index contributed by atoms with van der Waals surface area (Å²) in [6.07, 6.45) is 2.81. The van der Waals surface area contributed by atoms with E-state index in [-0.39, 0.29) is 12.6 Å². The van der Waals surface area contributed by atoms with Gasteiger partial charge in [-0.25, -0.2) is 0 Å².